The highest BCUT2D eigenvalue weighted by atomic mass is 16.2. The van der Waals surface area contributed by atoms with Crippen LogP contribution >= 0.6 is 0 Å². The minimum absolute atomic E-state index is 0.106. The van der Waals surface area contributed by atoms with Crippen LogP contribution in [-0.2, 0) is 0 Å². The van der Waals surface area contributed by atoms with Gasteiger partial charge in [-0.25, -0.2) is 14.7 Å². The third-order valence-corrected chi connectivity index (χ3v) is 6.75. The zero-order valence-electron chi connectivity index (χ0n) is 17.5. The lowest BCUT2D eigenvalue weighted by Crippen LogP contribution is -2.42. The Labute approximate surface area is 176 Å². The molecule has 3 aliphatic heterocycles. The summed E-state index contributed by atoms with van der Waals surface area (Å²) in [5, 5.41) is 2.91. The van der Waals surface area contributed by atoms with Crippen LogP contribution in [0, 0.1) is 12.3 Å². The molecule has 0 radical (unpaired) electrons. The van der Waals surface area contributed by atoms with Crippen LogP contribution in [0.2, 0.25) is 0 Å². The average molecular weight is 406 g/mol. The quantitative estimate of drug-likeness (QED) is 0.787. The third kappa shape index (κ3) is 3.04. The van der Waals surface area contributed by atoms with Crippen molar-refractivity contribution in [3.05, 3.63) is 47.7 Å². The number of pyridine rings is 1. The van der Waals surface area contributed by atoms with Gasteiger partial charge >= 0.3 is 6.03 Å². The summed E-state index contributed by atoms with van der Waals surface area (Å²) in [4.78, 5) is 37.2. The molecule has 7 nitrogen and oxygen atoms in total. The molecule has 2 aromatic rings. The smallest absolute Gasteiger partial charge is 0.323 e. The van der Waals surface area contributed by atoms with E-state index in [0.29, 0.717) is 22.8 Å². The van der Waals surface area contributed by atoms with Gasteiger partial charge in [-0.3, -0.25) is 4.79 Å². The van der Waals surface area contributed by atoms with Crippen LogP contribution in [-0.4, -0.2) is 59.4 Å². The molecule has 3 amide bonds. The summed E-state index contributed by atoms with van der Waals surface area (Å²) in [6.07, 6.45) is 3.82. The molecule has 0 bridgehead atoms. The van der Waals surface area contributed by atoms with Crippen molar-refractivity contribution in [1.29, 1.82) is 0 Å². The molecule has 30 heavy (non-hydrogen) atoms. The van der Waals surface area contributed by atoms with Gasteiger partial charge in [-0.2, -0.15) is 0 Å². The lowest BCUT2D eigenvalue weighted by Gasteiger charge is -2.30. The van der Waals surface area contributed by atoms with Crippen LogP contribution in [0.3, 0.4) is 0 Å². The van der Waals surface area contributed by atoms with Crippen molar-refractivity contribution in [3.63, 3.8) is 0 Å². The van der Waals surface area contributed by atoms with Crippen molar-refractivity contribution in [2.24, 2.45) is 5.41 Å². The second-order valence-electron chi connectivity index (χ2n) is 8.76. The van der Waals surface area contributed by atoms with Gasteiger partial charge in [0.1, 0.15) is 0 Å². The fourth-order valence-corrected chi connectivity index (χ4v) is 5.06. The number of amides is 3. The molecule has 1 unspecified atom stereocenters. The van der Waals surface area contributed by atoms with E-state index in [2.05, 4.69) is 22.1 Å². The summed E-state index contributed by atoms with van der Waals surface area (Å²) in [7, 11) is 0. The summed E-state index contributed by atoms with van der Waals surface area (Å²) in [6, 6.07) is 9.04. The average Bonchev–Trinajstić information content (AvgIpc) is 3.33. The maximum Gasteiger partial charge on any atom is 0.330 e. The Morgan fingerprint density at radius 1 is 1.20 bits per heavy atom. The summed E-state index contributed by atoms with van der Waals surface area (Å²) >= 11 is 0. The summed E-state index contributed by atoms with van der Waals surface area (Å²) < 4.78 is 0. The molecule has 2 saturated heterocycles. The first kappa shape index (κ1) is 19.1. The standard InChI is InChI=1S/C23H27N5O2/c1-3-26-11-8-23(14-26)9-12-27(15-23)22(30)28-19-13-16(2)6-7-17(19)21(29)25-18-5-4-10-24-20(18)28/h4-7,10,13H,3,8-9,11-12,14-15H2,1-2H3,(H,25,29). The van der Waals surface area contributed by atoms with E-state index in [4.69, 9.17) is 0 Å². The Kier molecular flexibility index (Phi) is 4.50. The lowest BCUT2D eigenvalue weighted by atomic mass is 9.86. The molecule has 1 aromatic heterocycles. The first-order valence-corrected chi connectivity index (χ1v) is 10.7. The van der Waals surface area contributed by atoms with Gasteiger partial charge in [-0.05, 0) is 62.7 Å². The minimum Gasteiger partial charge on any atom is -0.323 e. The van der Waals surface area contributed by atoms with E-state index in [1.807, 2.05) is 24.0 Å². The molecule has 2 fully saturated rings. The van der Waals surface area contributed by atoms with Gasteiger partial charge in [0.2, 0.25) is 0 Å². The van der Waals surface area contributed by atoms with Gasteiger partial charge in [0.05, 0.1) is 16.9 Å². The highest BCUT2D eigenvalue weighted by Crippen LogP contribution is 2.42. The molecule has 4 heterocycles. The molecule has 1 atom stereocenters. The van der Waals surface area contributed by atoms with Crippen molar-refractivity contribution < 1.29 is 9.59 Å². The molecule has 3 aliphatic rings. The van der Waals surface area contributed by atoms with Crippen LogP contribution < -0.4 is 10.2 Å². The van der Waals surface area contributed by atoms with Crippen LogP contribution in [0.4, 0.5) is 22.0 Å². The Morgan fingerprint density at radius 2 is 2.03 bits per heavy atom. The van der Waals surface area contributed by atoms with Crippen molar-refractivity contribution in [2.45, 2.75) is 26.7 Å². The van der Waals surface area contributed by atoms with Gasteiger partial charge in [-0.15, -0.1) is 0 Å². The Bertz CT molecular complexity index is 1020. The van der Waals surface area contributed by atoms with Crippen molar-refractivity contribution in [3.8, 4) is 0 Å². The van der Waals surface area contributed by atoms with E-state index in [0.717, 1.165) is 51.1 Å². The molecular weight excluding hydrogens is 378 g/mol. The van der Waals surface area contributed by atoms with Gasteiger partial charge < -0.3 is 15.1 Å². The maximum atomic E-state index is 13.8. The Morgan fingerprint density at radius 3 is 2.83 bits per heavy atom. The summed E-state index contributed by atoms with van der Waals surface area (Å²) in [5.74, 6) is 0.254. The number of hydrogen-bond acceptors (Lipinski definition) is 4. The van der Waals surface area contributed by atoms with Crippen molar-refractivity contribution in [2.75, 3.05) is 42.9 Å². The first-order chi connectivity index (χ1) is 14.5. The number of benzene rings is 1. The SMILES string of the molecule is CCN1CCC2(CCN(C(=O)N3c4cc(C)ccc4C(=O)Nc4cccnc43)C2)C1. The fourth-order valence-electron chi connectivity index (χ4n) is 5.06. The van der Waals surface area contributed by atoms with Crippen LogP contribution in [0.25, 0.3) is 0 Å². The topological polar surface area (TPSA) is 68.8 Å². The minimum atomic E-state index is -0.221. The van der Waals surface area contributed by atoms with E-state index in [-0.39, 0.29) is 17.4 Å². The van der Waals surface area contributed by atoms with E-state index in [9.17, 15) is 9.59 Å². The van der Waals surface area contributed by atoms with Crippen molar-refractivity contribution >= 4 is 29.1 Å². The van der Waals surface area contributed by atoms with Crippen LogP contribution in [0.5, 0.6) is 0 Å². The molecule has 1 spiro atoms. The molecule has 5 rings (SSSR count). The summed E-state index contributed by atoms with van der Waals surface area (Å²) in [6.45, 7) is 8.86. The highest BCUT2D eigenvalue weighted by Gasteiger charge is 2.46. The maximum absolute atomic E-state index is 13.8. The van der Waals surface area contributed by atoms with Crippen LogP contribution in [0.1, 0.15) is 35.7 Å². The second kappa shape index (κ2) is 7.09. The van der Waals surface area contributed by atoms with E-state index in [1.54, 1.807) is 29.3 Å². The van der Waals surface area contributed by atoms with Gasteiger partial charge in [0.15, 0.2) is 5.82 Å². The molecule has 1 aromatic carbocycles. The third-order valence-electron chi connectivity index (χ3n) is 6.75. The van der Waals surface area contributed by atoms with E-state index < -0.39 is 0 Å². The number of likely N-dealkylation sites (tertiary alicyclic amines) is 2. The zero-order valence-corrected chi connectivity index (χ0v) is 17.5. The molecule has 7 heteroatoms. The van der Waals surface area contributed by atoms with Gasteiger partial charge in [-0.1, -0.05) is 13.0 Å². The largest absolute Gasteiger partial charge is 0.330 e. The number of carbonyl (C=O) groups is 2. The number of fused-ring (bicyclic) bond motifs is 2. The number of aryl methyl sites for hydroxylation is 1. The number of nitrogens with one attached hydrogen (secondary N) is 1. The predicted octanol–water partition coefficient (Wildman–Crippen LogP) is 3.63. The number of aromatic nitrogens is 1. The Hall–Kier alpha value is -2.93. The normalized spacial score (nSPS) is 23.3. The number of nitrogens with zero attached hydrogens (tertiary/aromatic N) is 4. The number of carbonyl (C=O) groups excluding carboxylic acids is 2. The monoisotopic (exact) mass is 405 g/mol. The van der Waals surface area contributed by atoms with E-state index >= 15 is 0 Å². The second-order valence-corrected chi connectivity index (χ2v) is 8.76. The molecule has 156 valence electrons. The summed E-state index contributed by atoms with van der Waals surface area (Å²) in [5.41, 5.74) is 2.81. The van der Waals surface area contributed by atoms with Crippen molar-refractivity contribution in [1.82, 2.24) is 14.8 Å². The molecule has 0 aliphatic carbocycles. The number of rotatable bonds is 1. The number of anilines is 3. The first-order valence-electron chi connectivity index (χ1n) is 10.7. The Balaban J connectivity index is 1.54. The highest BCUT2D eigenvalue weighted by molar-refractivity contribution is 6.16. The molecular formula is C23H27N5O2. The van der Waals surface area contributed by atoms with Gasteiger partial charge in [0, 0.05) is 31.2 Å². The fraction of sp³-hybridized carbons (Fsp3) is 0.435. The zero-order chi connectivity index (χ0) is 20.9. The number of urea groups is 1. The molecule has 1 N–H and O–H groups in total. The van der Waals surface area contributed by atoms with Crippen LogP contribution in [0.15, 0.2) is 36.5 Å². The predicted molar refractivity (Wildman–Crippen MR) is 116 cm³/mol. The lowest BCUT2D eigenvalue weighted by molar-refractivity contribution is 0.102. The molecule has 0 saturated carbocycles. The van der Waals surface area contributed by atoms with Gasteiger partial charge in [0.25, 0.3) is 5.91 Å². The van der Waals surface area contributed by atoms with E-state index in [1.165, 1.54) is 0 Å². The number of hydrogen-bond donors (Lipinski definition) is 1.